The summed E-state index contributed by atoms with van der Waals surface area (Å²) in [5.41, 5.74) is 4.20. The summed E-state index contributed by atoms with van der Waals surface area (Å²) in [6.07, 6.45) is 7.08. The maximum Gasteiger partial charge on any atom is 0.255 e. The van der Waals surface area contributed by atoms with Gasteiger partial charge in [0.2, 0.25) is 0 Å². The Bertz CT molecular complexity index is 1210. The molecule has 6 nitrogen and oxygen atoms in total. The maximum absolute atomic E-state index is 12.6. The molecule has 39 heavy (non-hydrogen) atoms. The Morgan fingerprint density at radius 2 is 1.64 bits per heavy atom. The van der Waals surface area contributed by atoms with Crippen LogP contribution in [0.4, 0.5) is 5.69 Å². The summed E-state index contributed by atoms with van der Waals surface area (Å²) in [5, 5.41) is 12.4. The van der Waals surface area contributed by atoms with Crippen molar-refractivity contribution >= 4 is 11.6 Å². The van der Waals surface area contributed by atoms with Crippen LogP contribution in [-0.4, -0.2) is 41.1 Å². The van der Waals surface area contributed by atoms with E-state index in [4.69, 9.17) is 9.47 Å². The molecule has 0 bridgehead atoms. The molecule has 1 saturated carbocycles. The molecule has 0 spiro atoms. The molecule has 1 heterocycles. The van der Waals surface area contributed by atoms with Crippen molar-refractivity contribution in [3.05, 3.63) is 114 Å². The molecule has 204 valence electrons. The van der Waals surface area contributed by atoms with Gasteiger partial charge in [0.1, 0.15) is 0 Å². The Morgan fingerprint density at radius 1 is 0.949 bits per heavy atom. The Kier molecular flexibility index (Phi) is 9.22. The number of ether oxygens (including phenoxy) is 2. The monoisotopic (exact) mass is 526 g/mol. The fraction of sp³-hybridized carbons (Fsp3) is 0.364. The predicted octanol–water partition coefficient (Wildman–Crippen LogP) is 6.41. The number of hydrogen-bond acceptors (Lipinski definition) is 5. The first-order valence-electron chi connectivity index (χ1n) is 13.9. The number of anilines is 1. The zero-order chi connectivity index (χ0) is 27.0. The van der Waals surface area contributed by atoms with Gasteiger partial charge >= 0.3 is 0 Å². The minimum Gasteiger partial charge on any atom is -0.392 e. The molecule has 2 aliphatic rings. The maximum atomic E-state index is 12.6. The first-order valence-corrected chi connectivity index (χ1v) is 13.9. The quantitative estimate of drug-likeness (QED) is 0.299. The normalized spacial score (nSPS) is 21.6. The zero-order valence-corrected chi connectivity index (χ0v) is 22.4. The van der Waals surface area contributed by atoms with Crippen molar-refractivity contribution in [3.63, 3.8) is 0 Å². The van der Waals surface area contributed by atoms with Crippen molar-refractivity contribution in [1.29, 1.82) is 0 Å². The Labute approximate surface area is 231 Å². The lowest BCUT2D eigenvalue weighted by Crippen LogP contribution is -2.43. The fourth-order valence-corrected chi connectivity index (χ4v) is 5.62. The minimum absolute atomic E-state index is 0.00993. The van der Waals surface area contributed by atoms with Crippen molar-refractivity contribution in [1.82, 2.24) is 4.90 Å². The molecule has 2 fully saturated rings. The van der Waals surface area contributed by atoms with Crippen molar-refractivity contribution in [2.24, 2.45) is 0 Å². The van der Waals surface area contributed by atoms with Crippen molar-refractivity contribution in [3.8, 4) is 0 Å². The first kappa shape index (κ1) is 27.3. The van der Waals surface area contributed by atoms with Gasteiger partial charge in [-0.15, -0.1) is 6.58 Å². The second-order valence-electron chi connectivity index (χ2n) is 10.5. The summed E-state index contributed by atoms with van der Waals surface area (Å²) in [6, 6.07) is 25.4. The molecular formula is C33H38N2O4. The largest absolute Gasteiger partial charge is 0.392 e. The average Bonchev–Trinajstić information content (AvgIpc) is 3.53. The summed E-state index contributed by atoms with van der Waals surface area (Å²) in [4.78, 5) is 15.1. The topological polar surface area (TPSA) is 71.0 Å². The van der Waals surface area contributed by atoms with Crippen molar-refractivity contribution < 1.29 is 19.4 Å². The molecular weight excluding hydrogens is 488 g/mol. The molecule has 1 aliphatic carbocycles. The van der Waals surface area contributed by atoms with Crippen LogP contribution in [0.3, 0.4) is 0 Å². The summed E-state index contributed by atoms with van der Waals surface area (Å²) in [7, 11) is 0. The molecule has 6 heteroatoms. The second-order valence-corrected chi connectivity index (χ2v) is 10.5. The van der Waals surface area contributed by atoms with Crippen molar-refractivity contribution in [2.75, 3.05) is 18.4 Å². The van der Waals surface area contributed by atoms with E-state index in [0.717, 1.165) is 41.9 Å². The van der Waals surface area contributed by atoms with E-state index in [1.54, 1.807) is 12.1 Å². The molecule has 3 atom stereocenters. The number of carbonyl (C=O) groups is 1. The summed E-state index contributed by atoms with van der Waals surface area (Å²) < 4.78 is 13.1. The van der Waals surface area contributed by atoms with Crippen LogP contribution in [-0.2, 0) is 16.1 Å². The first-order chi connectivity index (χ1) is 19.1. The number of hydrogen-bond donors (Lipinski definition) is 2. The Hall–Kier alpha value is -3.29. The van der Waals surface area contributed by atoms with E-state index in [1.807, 2.05) is 72.8 Å². The summed E-state index contributed by atoms with van der Waals surface area (Å²) >= 11 is 0. The van der Waals surface area contributed by atoms with Gasteiger partial charge in [-0.3, -0.25) is 9.69 Å². The molecule has 0 aromatic heterocycles. The number of carbonyl (C=O) groups excluding carboxylic acids is 1. The number of benzene rings is 3. The van der Waals surface area contributed by atoms with Crippen LogP contribution in [0.25, 0.3) is 0 Å². The zero-order valence-electron chi connectivity index (χ0n) is 22.4. The van der Waals surface area contributed by atoms with E-state index in [-0.39, 0.29) is 24.7 Å². The van der Waals surface area contributed by atoms with E-state index >= 15 is 0 Å². The third kappa shape index (κ3) is 7.02. The van der Waals surface area contributed by atoms with Crippen LogP contribution < -0.4 is 5.32 Å². The van der Waals surface area contributed by atoms with E-state index in [0.29, 0.717) is 11.6 Å². The molecule has 1 saturated heterocycles. The fourth-order valence-electron chi connectivity index (χ4n) is 5.62. The van der Waals surface area contributed by atoms with Crippen LogP contribution in [0.2, 0.25) is 0 Å². The lowest BCUT2D eigenvalue weighted by Gasteiger charge is -2.39. The lowest BCUT2D eigenvalue weighted by molar-refractivity contribution is -0.253. The molecule has 5 rings (SSSR count). The van der Waals surface area contributed by atoms with Gasteiger partial charge in [0.25, 0.3) is 5.91 Å². The predicted molar refractivity (Wildman–Crippen MR) is 153 cm³/mol. The highest BCUT2D eigenvalue weighted by Gasteiger charge is 2.34. The van der Waals surface area contributed by atoms with E-state index in [1.165, 1.54) is 25.7 Å². The third-order valence-electron chi connectivity index (χ3n) is 7.73. The molecule has 3 aromatic rings. The van der Waals surface area contributed by atoms with E-state index in [9.17, 15) is 9.90 Å². The van der Waals surface area contributed by atoms with Crippen LogP contribution in [0.1, 0.15) is 71.5 Å². The minimum atomic E-state index is -0.528. The molecule has 0 unspecified atom stereocenters. The number of rotatable bonds is 10. The van der Waals surface area contributed by atoms with Gasteiger partial charge in [0, 0.05) is 42.4 Å². The Balaban J connectivity index is 1.33. The van der Waals surface area contributed by atoms with Crippen LogP contribution in [0.5, 0.6) is 0 Å². The summed E-state index contributed by atoms with van der Waals surface area (Å²) in [6.45, 7) is 5.69. The van der Waals surface area contributed by atoms with Crippen LogP contribution in [0.15, 0.2) is 91.5 Å². The number of aliphatic hydroxyl groups excluding tert-OH is 1. The van der Waals surface area contributed by atoms with Gasteiger partial charge in [0.15, 0.2) is 6.29 Å². The number of aliphatic hydroxyl groups is 1. The van der Waals surface area contributed by atoms with Gasteiger partial charge in [-0.05, 0) is 48.2 Å². The van der Waals surface area contributed by atoms with Crippen molar-refractivity contribution in [2.45, 2.75) is 63.3 Å². The highest BCUT2D eigenvalue weighted by molar-refractivity contribution is 6.04. The molecule has 0 radical (unpaired) electrons. The van der Waals surface area contributed by atoms with Gasteiger partial charge in [-0.2, -0.15) is 0 Å². The SMILES string of the molecule is C=CCN(C[C@@H]1C[C@H](c2ccc(CO)cc2)O[C@H](c2ccc(NC(=O)c3ccccc3)cc2)O1)C1CCCC1. The van der Waals surface area contributed by atoms with Gasteiger partial charge < -0.3 is 19.9 Å². The molecule has 1 amide bonds. The number of nitrogens with one attached hydrogen (secondary N) is 1. The third-order valence-corrected chi connectivity index (χ3v) is 7.73. The molecule has 3 aromatic carbocycles. The second kappa shape index (κ2) is 13.2. The smallest absolute Gasteiger partial charge is 0.255 e. The summed E-state index contributed by atoms with van der Waals surface area (Å²) in [5.74, 6) is -0.144. The molecule has 1 aliphatic heterocycles. The van der Waals surface area contributed by atoms with E-state index in [2.05, 4.69) is 16.8 Å². The van der Waals surface area contributed by atoms with Crippen LogP contribution >= 0.6 is 0 Å². The van der Waals surface area contributed by atoms with Gasteiger partial charge in [0.05, 0.1) is 18.8 Å². The standard InChI is InChI=1S/C33H38N2O4/c1-2-20-35(29-10-6-7-11-29)22-30-21-31(25-14-12-24(23-36)13-15-25)39-33(38-30)27-16-18-28(19-17-27)34-32(37)26-8-4-3-5-9-26/h2-5,8-9,12-19,29-31,33,36H,1,6-7,10-11,20-23H2,(H,34,37)/t30-,31+,33+/m0/s1. The highest BCUT2D eigenvalue weighted by atomic mass is 16.7. The number of nitrogens with zero attached hydrogens (tertiary/aromatic N) is 1. The van der Waals surface area contributed by atoms with Gasteiger partial charge in [-0.25, -0.2) is 0 Å². The van der Waals surface area contributed by atoms with E-state index < -0.39 is 6.29 Å². The average molecular weight is 527 g/mol. The highest BCUT2D eigenvalue weighted by Crippen LogP contribution is 2.39. The van der Waals surface area contributed by atoms with Crippen LogP contribution in [0, 0.1) is 0 Å². The molecule has 2 N–H and O–H groups in total. The lowest BCUT2D eigenvalue weighted by atomic mass is 9.99. The Morgan fingerprint density at radius 3 is 2.31 bits per heavy atom. The number of amides is 1. The van der Waals surface area contributed by atoms with Gasteiger partial charge in [-0.1, -0.05) is 73.5 Å².